The number of pyridine rings is 1. The number of hydrogen-bond acceptors (Lipinski definition) is 4. The van der Waals surface area contributed by atoms with Crippen LogP contribution in [0, 0.1) is 44.4 Å². The number of fused-ring (bicyclic) bond motifs is 5. The van der Waals surface area contributed by atoms with Crippen molar-refractivity contribution in [2.75, 3.05) is 11.9 Å². The summed E-state index contributed by atoms with van der Waals surface area (Å²) in [6.45, 7) is 5.40. The minimum Gasteiger partial charge on any atom is -0.323 e. The highest BCUT2D eigenvalue weighted by Crippen LogP contribution is 2.52. The van der Waals surface area contributed by atoms with Gasteiger partial charge in [-0.1, -0.05) is 12.2 Å². The highest BCUT2D eigenvalue weighted by molar-refractivity contribution is 6.09. The van der Waals surface area contributed by atoms with Crippen LogP contribution < -0.4 is 5.32 Å². The molecule has 3 amide bonds. The van der Waals surface area contributed by atoms with Gasteiger partial charge >= 0.3 is 0 Å². The number of aromatic nitrogens is 1. The van der Waals surface area contributed by atoms with Crippen LogP contribution in [0.25, 0.3) is 0 Å². The van der Waals surface area contributed by atoms with Crippen molar-refractivity contribution >= 4 is 23.4 Å². The summed E-state index contributed by atoms with van der Waals surface area (Å²) >= 11 is 0. The smallest absolute Gasteiger partial charge is 0.244 e. The van der Waals surface area contributed by atoms with E-state index in [0.29, 0.717) is 5.69 Å². The Morgan fingerprint density at radius 1 is 1.16 bits per heavy atom. The molecule has 4 atom stereocenters. The summed E-state index contributed by atoms with van der Waals surface area (Å²) in [5.74, 6) is -0.969. The number of nitrogens with zero attached hydrogens (tertiary/aromatic N) is 2. The molecule has 1 N–H and O–H groups in total. The predicted octanol–water partition coefficient (Wildman–Crippen LogP) is 1.75. The molecule has 4 rings (SSSR count). The summed E-state index contributed by atoms with van der Waals surface area (Å²) in [6, 6.07) is 1.89. The van der Waals surface area contributed by atoms with Crippen LogP contribution in [0.5, 0.6) is 0 Å². The first-order valence-electron chi connectivity index (χ1n) is 8.65. The zero-order chi connectivity index (χ0) is 17.9. The topological polar surface area (TPSA) is 79.4 Å². The summed E-state index contributed by atoms with van der Waals surface area (Å²) in [4.78, 5) is 43.2. The van der Waals surface area contributed by atoms with Gasteiger partial charge in [-0.3, -0.25) is 24.3 Å². The number of hydrogen-bond donors (Lipinski definition) is 1. The van der Waals surface area contributed by atoms with E-state index in [9.17, 15) is 14.4 Å². The van der Waals surface area contributed by atoms with Gasteiger partial charge in [-0.15, -0.1) is 0 Å². The maximum absolute atomic E-state index is 12.6. The highest BCUT2D eigenvalue weighted by atomic mass is 16.2. The Morgan fingerprint density at radius 2 is 1.76 bits per heavy atom. The van der Waals surface area contributed by atoms with Gasteiger partial charge in [-0.05, 0) is 50.7 Å². The maximum Gasteiger partial charge on any atom is 0.244 e. The molecule has 2 fully saturated rings. The number of anilines is 1. The fraction of sp³-hybridized carbons (Fsp3) is 0.474. The predicted molar refractivity (Wildman–Crippen MR) is 91.5 cm³/mol. The SMILES string of the molecule is Cc1cc(C)c(NC(=O)CN2C(=O)C3C4C=CC(C4)C3C2=O)c(C)n1. The zero-order valence-electron chi connectivity index (χ0n) is 14.6. The number of nitrogens with one attached hydrogen (secondary N) is 1. The van der Waals surface area contributed by atoms with E-state index in [4.69, 9.17) is 0 Å². The molecule has 6 nitrogen and oxygen atoms in total. The Hall–Kier alpha value is -2.50. The summed E-state index contributed by atoms with van der Waals surface area (Å²) in [6.07, 6.45) is 4.98. The molecular formula is C19H21N3O3. The van der Waals surface area contributed by atoms with Gasteiger partial charge in [0, 0.05) is 5.69 Å². The van der Waals surface area contributed by atoms with E-state index in [1.165, 1.54) is 0 Å². The van der Waals surface area contributed by atoms with Gasteiger partial charge in [-0.2, -0.15) is 0 Å². The van der Waals surface area contributed by atoms with Crippen molar-refractivity contribution in [3.05, 3.63) is 35.2 Å². The molecule has 0 radical (unpaired) electrons. The van der Waals surface area contributed by atoms with Gasteiger partial charge in [0.05, 0.1) is 23.2 Å². The van der Waals surface area contributed by atoms with E-state index < -0.39 is 0 Å². The van der Waals surface area contributed by atoms with Crippen molar-refractivity contribution in [3.8, 4) is 0 Å². The highest BCUT2D eigenvalue weighted by Gasteiger charge is 2.59. The molecule has 3 aliphatic rings. The van der Waals surface area contributed by atoms with Crippen LogP contribution in [0.3, 0.4) is 0 Å². The van der Waals surface area contributed by atoms with Crippen LogP contribution in [0.15, 0.2) is 18.2 Å². The maximum atomic E-state index is 12.6. The molecule has 2 aliphatic carbocycles. The normalized spacial score (nSPS) is 29.5. The second kappa shape index (κ2) is 5.51. The lowest BCUT2D eigenvalue weighted by atomic mass is 9.85. The molecule has 0 spiro atoms. The number of aryl methyl sites for hydroxylation is 3. The third-order valence-electron chi connectivity index (χ3n) is 5.65. The molecule has 2 bridgehead atoms. The number of carbonyl (C=O) groups is 3. The monoisotopic (exact) mass is 339 g/mol. The second-order valence-electron chi connectivity index (χ2n) is 7.35. The van der Waals surface area contributed by atoms with Crippen molar-refractivity contribution in [2.24, 2.45) is 23.7 Å². The van der Waals surface area contributed by atoms with Crippen LogP contribution in [-0.4, -0.2) is 34.2 Å². The molecule has 1 saturated carbocycles. The van der Waals surface area contributed by atoms with E-state index in [1.54, 1.807) is 0 Å². The van der Waals surface area contributed by atoms with E-state index >= 15 is 0 Å². The lowest BCUT2D eigenvalue weighted by Crippen LogP contribution is -2.39. The molecule has 2 heterocycles. The van der Waals surface area contributed by atoms with Crippen LogP contribution >= 0.6 is 0 Å². The van der Waals surface area contributed by atoms with E-state index in [0.717, 1.165) is 28.3 Å². The van der Waals surface area contributed by atoms with Crippen LogP contribution in [0.4, 0.5) is 5.69 Å². The van der Waals surface area contributed by atoms with Crippen LogP contribution in [0.1, 0.15) is 23.4 Å². The Morgan fingerprint density at radius 3 is 2.32 bits per heavy atom. The quantitative estimate of drug-likeness (QED) is 0.672. The van der Waals surface area contributed by atoms with Gasteiger partial charge in [0.2, 0.25) is 17.7 Å². The van der Waals surface area contributed by atoms with Gasteiger partial charge < -0.3 is 5.32 Å². The largest absolute Gasteiger partial charge is 0.323 e. The van der Waals surface area contributed by atoms with E-state index in [-0.39, 0.29) is 47.9 Å². The van der Waals surface area contributed by atoms with Crippen molar-refractivity contribution < 1.29 is 14.4 Å². The Balaban J connectivity index is 1.49. The number of amides is 3. The first-order valence-corrected chi connectivity index (χ1v) is 8.65. The summed E-state index contributed by atoms with van der Waals surface area (Å²) in [5, 5.41) is 2.81. The van der Waals surface area contributed by atoms with E-state index in [1.807, 2.05) is 39.0 Å². The van der Waals surface area contributed by atoms with Crippen molar-refractivity contribution in [1.82, 2.24) is 9.88 Å². The molecule has 0 aromatic carbocycles. The standard InChI is InChI=1S/C19H21N3O3/c1-9-6-10(2)20-11(3)17(9)21-14(23)8-22-18(24)15-12-4-5-13(7-12)16(15)19(22)25/h4-6,12-13,15-16H,7-8H2,1-3H3,(H,21,23). The first-order chi connectivity index (χ1) is 11.9. The number of rotatable bonds is 3. The fourth-order valence-corrected chi connectivity index (χ4v) is 4.66. The average molecular weight is 339 g/mol. The second-order valence-corrected chi connectivity index (χ2v) is 7.35. The third kappa shape index (κ3) is 2.39. The molecule has 25 heavy (non-hydrogen) atoms. The Kier molecular flexibility index (Phi) is 3.52. The molecule has 6 heteroatoms. The lowest BCUT2D eigenvalue weighted by Gasteiger charge is -2.18. The first kappa shape index (κ1) is 16.0. The molecule has 1 saturated heterocycles. The summed E-state index contributed by atoms with van der Waals surface area (Å²) < 4.78 is 0. The number of imide groups is 1. The van der Waals surface area contributed by atoms with Crippen molar-refractivity contribution in [1.29, 1.82) is 0 Å². The molecule has 1 aliphatic heterocycles. The molecule has 130 valence electrons. The van der Waals surface area contributed by atoms with Gasteiger partial charge in [0.1, 0.15) is 6.54 Å². The van der Waals surface area contributed by atoms with Crippen molar-refractivity contribution in [2.45, 2.75) is 27.2 Å². The third-order valence-corrected chi connectivity index (χ3v) is 5.65. The summed E-state index contributed by atoms with van der Waals surface area (Å²) in [5.41, 5.74) is 3.17. The summed E-state index contributed by atoms with van der Waals surface area (Å²) in [7, 11) is 0. The van der Waals surface area contributed by atoms with Gasteiger partial charge in [0.25, 0.3) is 0 Å². The molecule has 1 aromatic rings. The Bertz CT molecular complexity index is 776. The minimum absolute atomic E-state index is 0.158. The van der Waals surface area contributed by atoms with Gasteiger partial charge in [0.15, 0.2) is 0 Å². The molecule has 4 unspecified atom stereocenters. The number of allylic oxidation sites excluding steroid dienone is 2. The minimum atomic E-state index is -0.362. The van der Waals surface area contributed by atoms with E-state index in [2.05, 4.69) is 10.3 Å². The van der Waals surface area contributed by atoms with Crippen LogP contribution in [-0.2, 0) is 14.4 Å². The molecular weight excluding hydrogens is 318 g/mol. The lowest BCUT2D eigenvalue weighted by molar-refractivity contribution is -0.143. The number of carbonyl (C=O) groups excluding carboxylic acids is 3. The Labute approximate surface area is 146 Å². The molecule has 1 aromatic heterocycles. The fourth-order valence-electron chi connectivity index (χ4n) is 4.66. The van der Waals surface area contributed by atoms with Crippen LogP contribution in [0.2, 0.25) is 0 Å². The number of likely N-dealkylation sites (tertiary alicyclic amines) is 1. The average Bonchev–Trinajstić information content (AvgIpc) is 3.21. The van der Waals surface area contributed by atoms with Crippen molar-refractivity contribution in [3.63, 3.8) is 0 Å². The zero-order valence-corrected chi connectivity index (χ0v) is 14.6. The van der Waals surface area contributed by atoms with Gasteiger partial charge in [-0.25, -0.2) is 0 Å².